The highest BCUT2D eigenvalue weighted by molar-refractivity contribution is 4.80. The van der Waals surface area contributed by atoms with Gasteiger partial charge in [-0.15, -0.1) is 0 Å². The van der Waals surface area contributed by atoms with Gasteiger partial charge in [0.15, 0.2) is 0 Å². The van der Waals surface area contributed by atoms with E-state index in [1.54, 1.807) is 0 Å². The molecule has 0 radical (unpaired) electrons. The lowest BCUT2D eigenvalue weighted by Gasteiger charge is -2.41. The Morgan fingerprint density at radius 3 is 1.88 bits per heavy atom. The molecule has 16 heavy (non-hydrogen) atoms. The van der Waals surface area contributed by atoms with Crippen LogP contribution >= 0.6 is 0 Å². The van der Waals surface area contributed by atoms with Crippen molar-refractivity contribution in [1.29, 1.82) is 0 Å². The van der Waals surface area contributed by atoms with Gasteiger partial charge in [-0.25, -0.2) is 0 Å². The average Bonchev–Trinajstić information content (AvgIpc) is 2.14. The smallest absolute Gasteiger partial charge is 0.0678 e. The number of nitrogens with zero attached hydrogens (tertiary/aromatic N) is 1. The molecule has 0 amide bonds. The maximum atomic E-state index is 5.82. The highest BCUT2D eigenvalue weighted by Gasteiger charge is 2.27. The van der Waals surface area contributed by atoms with Gasteiger partial charge in [0, 0.05) is 19.1 Å². The van der Waals surface area contributed by atoms with Crippen molar-refractivity contribution in [3.8, 4) is 0 Å². The first-order valence-corrected chi connectivity index (χ1v) is 7.15. The largest absolute Gasteiger partial charge is 0.373 e. The van der Waals surface area contributed by atoms with Crippen molar-refractivity contribution < 1.29 is 4.74 Å². The highest BCUT2D eigenvalue weighted by Crippen LogP contribution is 2.24. The minimum atomic E-state index is 0.425. The molecule has 0 bridgehead atoms. The van der Waals surface area contributed by atoms with Crippen LogP contribution in [0, 0.1) is 0 Å². The Morgan fingerprint density at radius 2 is 1.31 bits per heavy atom. The quantitative estimate of drug-likeness (QED) is 0.679. The lowest BCUT2D eigenvalue weighted by atomic mass is 9.95. The Morgan fingerprint density at radius 1 is 0.812 bits per heavy atom. The van der Waals surface area contributed by atoms with E-state index in [9.17, 15) is 0 Å². The van der Waals surface area contributed by atoms with Crippen LogP contribution in [0.3, 0.4) is 0 Å². The maximum Gasteiger partial charge on any atom is 0.0678 e. The molecule has 94 valence electrons. The SMILES string of the molecule is C[C@@H]1CN(C2CCCCCCC2)C[C@@H](C)O1. The molecule has 0 aromatic carbocycles. The van der Waals surface area contributed by atoms with Crippen LogP contribution in [0.5, 0.6) is 0 Å². The van der Waals surface area contributed by atoms with Crippen molar-refractivity contribution in [1.82, 2.24) is 4.90 Å². The lowest BCUT2D eigenvalue weighted by Crippen LogP contribution is -2.50. The second kappa shape index (κ2) is 6.02. The molecule has 2 aliphatic rings. The summed E-state index contributed by atoms with van der Waals surface area (Å²) < 4.78 is 5.82. The Balaban J connectivity index is 1.88. The molecule has 0 N–H and O–H groups in total. The van der Waals surface area contributed by atoms with E-state index < -0.39 is 0 Å². The first-order chi connectivity index (χ1) is 7.75. The van der Waals surface area contributed by atoms with Crippen molar-refractivity contribution in [3.63, 3.8) is 0 Å². The highest BCUT2D eigenvalue weighted by atomic mass is 16.5. The van der Waals surface area contributed by atoms with Crippen molar-refractivity contribution >= 4 is 0 Å². The second-order valence-corrected chi connectivity index (χ2v) is 5.71. The van der Waals surface area contributed by atoms with E-state index in [0.717, 1.165) is 19.1 Å². The van der Waals surface area contributed by atoms with Gasteiger partial charge in [-0.05, 0) is 26.7 Å². The van der Waals surface area contributed by atoms with Gasteiger partial charge in [0.05, 0.1) is 12.2 Å². The summed E-state index contributed by atoms with van der Waals surface area (Å²) in [6.45, 7) is 6.72. The van der Waals surface area contributed by atoms with Crippen LogP contribution in [0.1, 0.15) is 58.8 Å². The third kappa shape index (κ3) is 3.46. The molecule has 1 saturated heterocycles. The van der Waals surface area contributed by atoms with E-state index in [0.29, 0.717) is 12.2 Å². The molecule has 2 rings (SSSR count). The molecule has 2 fully saturated rings. The van der Waals surface area contributed by atoms with Gasteiger partial charge in [0.2, 0.25) is 0 Å². The molecular weight excluding hydrogens is 198 g/mol. The number of hydrogen-bond donors (Lipinski definition) is 0. The molecule has 2 atom stereocenters. The van der Waals surface area contributed by atoms with Gasteiger partial charge in [0.1, 0.15) is 0 Å². The molecule has 0 aromatic heterocycles. The summed E-state index contributed by atoms with van der Waals surface area (Å²) in [5.74, 6) is 0. The predicted octanol–water partition coefficient (Wildman–Crippen LogP) is 3.21. The van der Waals surface area contributed by atoms with Crippen LogP contribution in [0.15, 0.2) is 0 Å². The van der Waals surface area contributed by atoms with Crippen LogP contribution in [0.4, 0.5) is 0 Å². The average molecular weight is 225 g/mol. The number of morpholine rings is 1. The standard InChI is InChI=1S/C14H27NO/c1-12-10-15(11-13(2)16-12)14-8-6-4-3-5-7-9-14/h12-14H,3-11H2,1-2H3/t12-,13-/m1/s1. The molecule has 1 heterocycles. The monoisotopic (exact) mass is 225 g/mol. The minimum absolute atomic E-state index is 0.425. The van der Waals surface area contributed by atoms with E-state index in [1.807, 2.05) is 0 Å². The molecule has 0 unspecified atom stereocenters. The summed E-state index contributed by atoms with van der Waals surface area (Å²) >= 11 is 0. The van der Waals surface area contributed by atoms with Crippen molar-refractivity contribution in [2.75, 3.05) is 13.1 Å². The molecule has 1 saturated carbocycles. The lowest BCUT2D eigenvalue weighted by molar-refractivity contribution is -0.0828. The van der Waals surface area contributed by atoms with Crippen LogP contribution in [0.2, 0.25) is 0 Å². The van der Waals surface area contributed by atoms with E-state index in [-0.39, 0.29) is 0 Å². The van der Waals surface area contributed by atoms with E-state index >= 15 is 0 Å². The zero-order valence-electron chi connectivity index (χ0n) is 11.0. The number of ether oxygens (including phenoxy) is 1. The van der Waals surface area contributed by atoms with Crippen molar-refractivity contribution in [2.24, 2.45) is 0 Å². The van der Waals surface area contributed by atoms with E-state index in [1.165, 1.54) is 44.9 Å². The van der Waals surface area contributed by atoms with Crippen LogP contribution in [-0.4, -0.2) is 36.2 Å². The molecule has 1 aliphatic carbocycles. The van der Waals surface area contributed by atoms with E-state index in [2.05, 4.69) is 18.7 Å². The van der Waals surface area contributed by atoms with Gasteiger partial charge >= 0.3 is 0 Å². The summed E-state index contributed by atoms with van der Waals surface area (Å²) in [5.41, 5.74) is 0. The minimum Gasteiger partial charge on any atom is -0.373 e. The first kappa shape index (κ1) is 12.4. The maximum absolute atomic E-state index is 5.82. The Bertz CT molecular complexity index is 189. The third-order valence-corrected chi connectivity index (χ3v) is 4.04. The van der Waals surface area contributed by atoms with Gasteiger partial charge in [0.25, 0.3) is 0 Å². The molecule has 0 spiro atoms. The van der Waals surface area contributed by atoms with Gasteiger partial charge < -0.3 is 4.74 Å². The number of hydrogen-bond acceptors (Lipinski definition) is 2. The zero-order valence-corrected chi connectivity index (χ0v) is 11.0. The third-order valence-electron chi connectivity index (χ3n) is 4.04. The Labute approximate surface area is 100 Å². The van der Waals surface area contributed by atoms with Crippen LogP contribution in [-0.2, 0) is 4.74 Å². The summed E-state index contributed by atoms with van der Waals surface area (Å²) in [6, 6.07) is 0.842. The number of rotatable bonds is 1. The summed E-state index contributed by atoms with van der Waals surface area (Å²) in [6.07, 6.45) is 10.9. The van der Waals surface area contributed by atoms with Crippen LogP contribution < -0.4 is 0 Å². The second-order valence-electron chi connectivity index (χ2n) is 5.71. The van der Waals surface area contributed by atoms with Crippen molar-refractivity contribution in [3.05, 3.63) is 0 Å². The molecule has 0 aromatic rings. The fraction of sp³-hybridized carbons (Fsp3) is 1.00. The van der Waals surface area contributed by atoms with Crippen LogP contribution in [0.25, 0.3) is 0 Å². The molecule has 2 nitrogen and oxygen atoms in total. The topological polar surface area (TPSA) is 12.5 Å². The predicted molar refractivity (Wildman–Crippen MR) is 67.7 cm³/mol. The van der Waals surface area contributed by atoms with Gasteiger partial charge in [-0.3, -0.25) is 4.90 Å². The van der Waals surface area contributed by atoms with Gasteiger partial charge in [-0.1, -0.05) is 32.1 Å². The summed E-state index contributed by atoms with van der Waals surface area (Å²) in [5, 5.41) is 0. The summed E-state index contributed by atoms with van der Waals surface area (Å²) in [4.78, 5) is 2.70. The molecule has 1 aliphatic heterocycles. The Hall–Kier alpha value is -0.0800. The fourth-order valence-corrected chi connectivity index (χ4v) is 3.32. The zero-order chi connectivity index (χ0) is 11.4. The van der Waals surface area contributed by atoms with Crippen molar-refractivity contribution in [2.45, 2.75) is 77.0 Å². The normalized spacial score (nSPS) is 35.6. The molecular formula is C14H27NO. The summed E-state index contributed by atoms with van der Waals surface area (Å²) in [7, 11) is 0. The Kier molecular flexibility index (Phi) is 4.66. The fourth-order valence-electron chi connectivity index (χ4n) is 3.32. The van der Waals surface area contributed by atoms with E-state index in [4.69, 9.17) is 4.74 Å². The van der Waals surface area contributed by atoms with Gasteiger partial charge in [-0.2, -0.15) is 0 Å². The molecule has 2 heteroatoms. The first-order valence-electron chi connectivity index (χ1n) is 7.15.